The molecule has 1 atom stereocenters. The fraction of sp³-hybridized carbons (Fsp3) is 0.480. The fourth-order valence-electron chi connectivity index (χ4n) is 4.36. The van der Waals surface area contributed by atoms with Crippen molar-refractivity contribution >= 4 is 5.91 Å². The Balaban J connectivity index is 1.79. The molecule has 0 unspecified atom stereocenters. The maximum absolute atomic E-state index is 13.6. The van der Waals surface area contributed by atoms with Gasteiger partial charge in [0.25, 0.3) is 0 Å². The molecule has 1 amide bonds. The molecule has 1 fully saturated rings. The zero-order valence-corrected chi connectivity index (χ0v) is 18.4. The Morgan fingerprint density at radius 1 is 1.10 bits per heavy atom. The second-order valence-corrected chi connectivity index (χ2v) is 9.29. The number of aliphatic hydroxyl groups excluding tert-OH is 1. The van der Waals surface area contributed by atoms with Gasteiger partial charge in [-0.2, -0.15) is 0 Å². The first-order chi connectivity index (χ1) is 14.6. The summed E-state index contributed by atoms with van der Waals surface area (Å²) in [4.78, 5) is 13.4. The van der Waals surface area contributed by atoms with Crippen molar-refractivity contribution in [2.24, 2.45) is 5.41 Å². The molecule has 2 N–H and O–H groups in total. The van der Waals surface area contributed by atoms with E-state index in [9.17, 15) is 18.7 Å². The minimum absolute atomic E-state index is 0.0221. The summed E-state index contributed by atoms with van der Waals surface area (Å²) in [5.41, 5.74) is 1.27. The number of rotatable bonds is 7. The van der Waals surface area contributed by atoms with Crippen molar-refractivity contribution in [1.29, 1.82) is 0 Å². The van der Waals surface area contributed by atoms with Gasteiger partial charge >= 0.3 is 0 Å². The molecule has 31 heavy (non-hydrogen) atoms. The largest absolute Gasteiger partial charge is 0.393 e. The van der Waals surface area contributed by atoms with Crippen LogP contribution in [0.15, 0.2) is 42.5 Å². The number of halogens is 2. The molecule has 1 heterocycles. The summed E-state index contributed by atoms with van der Waals surface area (Å²) < 4.78 is 32.3. The van der Waals surface area contributed by atoms with E-state index in [-0.39, 0.29) is 5.91 Å². The molecule has 0 aliphatic carbocycles. The number of hydrogen-bond acceptors (Lipinski definition) is 3. The van der Waals surface area contributed by atoms with E-state index in [2.05, 4.69) is 5.32 Å². The van der Waals surface area contributed by atoms with E-state index < -0.39 is 28.7 Å². The lowest BCUT2D eigenvalue weighted by Crippen LogP contribution is -2.54. The highest BCUT2D eigenvalue weighted by Crippen LogP contribution is 2.36. The molecule has 3 rings (SSSR count). The Kier molecular flexibility index (Phi) is 7.12. The minimum Gasteiger partial charge on any atom is -0.393 e. The third kappa shape index (κ3) is 5.89. The van der Waals surface area contributed by atoms with E-state index in [1.807, 2.05) is 38.1 Å². The zero-order chi connectivity index (χ0) is 22.6. The van der Waals surface area contributed by atoms with Crippen molar-refractivity contribution < 1.29 is 23.4 Å². The topological polar surface area (TPSA) is 58.6 Å². The highest BCUT2D eigenvalue weighted by molar-refractivity contribution is 5.83. The van der Waals surface area contributed by atoms with Crippen LogP contribution in [-0.4, -0.2) is 35.9 Å². The lowest BCUT2D eigenvalue weighted by molar-refractivity contribution is -0.138. The molecule has 6 heteroatoms. The molecule has 4 nitrogen and oxygen atoms in total. The first-order valence-corrected chi connectivity index (χ1v) is 10.7. The number of aliphatic hydroxyl groups is 1. The van der Waals surface area contributed by atoms with Crippen molar-refractivity contribution in [2.45, 2.75) is 58.1 Å². The van der Waals surface area contributed by atoms with Crippen molar-refractivity contribution in [1.82, 2.24) is 5.32 Å². The average Bonchev–Trinajstić information content (AvgIpc) is 2.70. The van der Waals surface area contributed by atoms with Gasteiger partial charge < -0.3 is 15.2 Å². The smallest absolute Gasteiger partial charge is 0.227 e. The lowest BCUT2D eigenvalue weighted by Gasteiger charge is -2.39. The fourth-order valence-corrected chi connectivity index (χ4v) is 4.36. The van der Waals surface area contributed by atoms with Crippen LogP contribution in [-0.2, 0) is 16.0 Å². The van der Waals surface area contributed by atoms with Gasteiger partial charge in [-0.25, -0.2) is 8.78 Å². The van der Waals surface area contributed by atoms with Gasteiger partial charge in [-0.1, -0.05) is 30.3 Å². The van der Waals surface area contributed by atoms with E-state index in [1.165, 1.54) is 6.07 Å². The van der Waals surface area contributed by atoms with Gasteiger partial charge in [0.2, 0.25) is 5.91 Å². The number of amides is 1. The molecule has 1 saturated heterocycles. The van der Waals surface area contributed by atoms with E-state index >= 15 is 0 Å². The van der Waals surface area contributed by atoms with Gasteiger partial charge in [0, 0.05) is 18.8 Å². The Bertz CT molecular complexity index is 903. The Hall–Kier alpha value is -2.31. The van der Waals surface area contributed by atoms with E-state index in [0.717, 1.165) is 17.2 Å². The summed E-state index contributed by atoms with van der Waals surface area (Å²) in [5.74, 6) is -1.77. The summed E-state index contributed by atoms with van der Waals surface area (Å²) in [5, 5.41) is 12.9. The van der Waals surface area contributed by atoms with Crippen molar-refractivity contribution in [3.63, 3.8) is 0 Å². The summed E-state index contributed by atoms with van der Waals surface area (Å²) in [7, 11) is 0. The first-order valence-electron chi connectivity index (χ1n) is 10.7. The van der Waals surface area contributed by atoms with Gasteiger partial charge in [-0.05, 0) is 75.3 Å². The molecular formula is C25H31F2NO3. The number of carbonyl (C=O) groups excluding carboxylic acids is 1. The predicted molar refractivity (Wildman–Crippen MR) is 117 cm³/mol. The Morgan fingerprint density at radius 3 is 2.29 bits per heavy atom. The second-order valence-electron chi connectivity index (χ2n) is 9.29. The third-order valence-electron chi connectivity index (χ3n) is 5.94. The molecule has 2 aromatic carbocycles. The second kappa shape index (κ2) is 9.45. The van der Waals surface area contributed by atoms with Crippen LogP contribution < -0.4 is 5.32 Å². The number of nitrogens with one attached hydrogen (secondary N) is 1. The van der Waals surface area contributed by atoms with Gasteiger partial charge in [0.1, 0.15) is 0 Å². The molecule has 2 aromatic rings. The molecule has 0 radical (unpaired) electrons. The normalized spacial score (nSPS) is 17.2. The zero-order valence-electron chi connectivity index (χ0n) is 18.4. The molecule has 0 saturated carbocycles. The van der Waals surface area contributed by atoms with Crippen LogP contribution in [0.4, 0.5) is 8.78 Å². The van der Waals surface area contributed by atoms with Crippen LogP contribution in [0, 0.1) is 17.0 Å². The van der Waals surface area contributed by atoms with Crippen LogP contribution in [0.3, 0.4) is 0 Å². The van der Waals surface area contributed by atoms with Gasteiger partial charge in [-0.15, -0.1) is 0 Å². The standard InChI is InChI=1S/C25H31F2NO3/c1-17(29)15-24(2,3)28-23(30)25(10-12-31-13-11-25)16-18-4-6-19(7-5-18)20-8-9-21(26)22(27)14-20/h4-9,14,17,29H,10-13,15-16H2,1-3H3,(H,28,30)/t17-/m1/s1. The highest BCUT2D eigenvalue weighted by atomic mass is 19.2. The van der Waals surface area contributed by atoms with Crippen LogP contribution in [0.1, 0.15) is 45.6 Å². The molecule has 0 spiro atoms. The number of hydrogen-bond donors (Lipinski definition) is 2. The van der Waals surface area contributed by atoms with Crippen LogP contribution in [0.2, 0.25) is 0 Å². The molecule has 0 aromatic heterocycles. The van der Waals surface area contributed by atoms with Crippen molar-refractivity contribution in [3.8, 4) is 11.1 Å². The Morgan fingerprint density at radius 2 is 1.71 bits per heavy atom. The molecular weight excluding hydrogens is 400 g/mol. The van der Waals surface area contributed by atoms with Gasteiger partial charge in [-0.3, -0.25) is 4.79 Å². The number of ether oxygens (including phenoxy) is 1. The maximum atomic E-state index is 13.6. The van der Waals surface area contributed by atoms with Crippen molar-refractivity contribution in [2.75, 3.05) is 13.2 Å². The molecule has 1 aliphatic rings. The number of carbonyl (C=O) groups is 1. The van der Waals surface area contributed by atoms with Crippen LogP contribution in [0.25, 0.3) is 11.1 Å². The summed E-state index contributed by atoms with van der Waals surface area (Å²) in [6.07, 6.45) is 1.76. The Labute approximate surface area is 182 Å². The highest BCUT2D eigenvalue weighted by Gasteiger charge is 2.42. The molecule has 1 aliphatic heterocycles. The maximum Gasteiger partial charge on any atom is 0.227 e. The predicted octanol–water partition coefficient (Wildman–Crippen LogP) is 4.64. The van der Waals surface area contributed by atoms with Gasteiger partial charge in [0.15, 0.2) is 11.6 Å². The third-order valence-corrected chi connectivity index (χ3v) is 5.94. The van der Waals surface area contributed by atoms with Crippen molar-refractivity contribution in [3.05, 3.63) is 59.7 Å². The van der Waals surface area contributed by atoms with Crippen LogP contribution >= 0.6 is 0 Å². The quantitative estimate of drug-likeness (QED) is 0.672. The molecule has 0 bridgehead atoms. The SMILES string of the molecule is C[C@@H](O)CC(C)(C)NC(=O)C1(Cc2ccc(-c3ccc(F)c(F)c3)cc2)CCOCC1. The van der Waals surface area contributed by atoms with Gasteiger partial charge in [0.05, 0.1) is 11.5 Å². The van der Waals surface area contributed by atoms with E-state index in [1.54, 1.807) is 13.0 Å². The minimum atomic E-state index is -0.876. The average molecular weight is 432 g/mol. The summed E-state index contributed by atoms with van der Waals surface area (Å²) >= 11 is 0. The lowest BCUT2D eigenvalue weighted by atomic mass is 9.73. The monoisotopic (exact) mass is 431 g/mol. The first kappa shape index (κ1) is 23.4. The van der Waals surface area contributed by atoms with E-state index in [0.29, 0.717) is 44.5 Å². The number of benzene rings is 2. The summed E-state index contributed by atoms with van der Waals surface area (Å²) in [6, 6.07) is 11.4. The van der Waals surface area contributed by atoms with Crippen LogP contribution in [0.5, 0.6) is 0 Å². The van der Waals surface area contributed by atoms with E-state index in [4.69, 9.17) is 4.74 Å². The summed E-state index contributed by atoms with van der Waals surface area (Å²) in [6.45, 7) is 6.60. The molecule has 168 valence electrons.